The third kappa shape index (κ3) is 9.78. The van der Waals surface area contributed by atoms with E-state index in [0.29, 0.717) is 0 Å². The average Bonchev–Trinajstić information content (AvgIpc) is 2.49. The monoisotopic (exact) mass is 302 g/mol. The SMILES string of the molecule is CC/C=C/CCCCCCCC[N+](C)(C)Cc1ccccc1. The zero-order valence-corrected chi connectivity index (χ0v) is 15.1. The van der Waals surface area contributed by atoms with E-state index >= 15 is 0 Å². The van der Waals surface area contributed by atoms with Crippen molar-refractivity contribution in [2.45, 2.75) is 64.8 Å². The van der Waals surface area contributed by atoms with Gasteiger partial charge in [-0.2, -0.15) is 0 Å². The molecule has 0 saturated carbocycles. The maximum atomic E-state index is 2.35. The van der Waals surface area contributed by atoms with Gasteiger partial charge in [0.05, 0.1) is 20.6 Å². The molecule has 0 unspecified atom stereocenters. The van der Waals surface area contributed by atoms with Gasteiger partial charge in [-0.1, -0.05) is 68.7 Å². The van der Waals surface area contributed by atoms with Crippen LogP contribution >= 0.6 is 0 Å². The maximum absolute atomic E-state index is 2.35. The molecule has 1 aromatic carbocycles. The molecule has 0 aliphatic carbocycles. The Morgan fingerprint density at radius 3 is 2.14 bits per heavy atom. The summed E-state index contributed by atoms with van der Waals surface area (Å²) < 4.78 is 1.10. The summed E-state index contributed by atoms with van der Waals surface area (Å²) >= 11 is 0. The molecule has 0 N–H and O–H groups in total. The first-order valence-corrected chi connectivity index (χ1v) is 9.15. The highest BCUT2D eigenvalue weighted by Crippen LogP contribution is 2.13. The summed E-state index contributed by atoms with van der Waals surface area (Å²) in [6.07, 6.45) is 15.4. The maximum Gasteiger partial charge on any atom is 0.104 e. The van der Waals surface area contributed by atoms with Crippen LogP contribution in [-0.4, -0.2) is 25.1 Å². The molecule has 0 bridgehead atoms. The lowest BCUT2D eigenvalue weighted by molar-refractivity contribution is -0.903. The Labute approximate surface area is 138 Å². The van der Waals surface area contributed by atoms with E-state index in [1.807, 2.05) is 0 Å². The van der Waals surface area contributed by atoms with Crippen molar-refractivity contribution in [2.24, 2.45) is 0 Å². The molecule has 0 fully saturated rings. The Morgan fingerprint density at radius 1 is 0.818 bits per heavy atom. The third-order valence-corrected chi connectivity index (χ3v) is 4.24. The number of hydrogen-bond donors (Lipinski definition) is 0. The summed E-state index contributed by atoms with van der Waals surface area (Å²) in [6.45, 7) is 4.63. The summed E-state index contributed by atoms with van der Waals surface area (Å²) in [7, 11) is 4.71. The predicted octanol–water partition coefficient (Wildman–Crippen LogP) is 5.96. The van der Waals surface area contributed by atoms with Gasteiger partial charge in [-0.15, -0.1) is 0 Å². The first-order chi connectivity index (χ1) is 10.6. The molecule has 0 saturated heterocycles. The fourth-order valence-electron chi connectivity index (χ4n) is 2.95. The van der Waals surface area contributed by atoms with E-state index in [1.54, 1.807) is 0 Å². The van der Waals surface area contributed by atoms with Gasteiger partial charge in [0.15, 0.2) is 0 Å². The normalized spacial score (nSPS) is 12.1. The smallest absolute Gasteiger partial charge is 0.104 e. The Bertz CT molecular complexity index is 392. The van der Waals surface area contributed by atoms with Crippen molar-refractivity contribution in [3.63, 3.8) is 0 Å². The number of allylic oxidation sites excluding steroid dienone is 2. The number of nitrogens with zero attached hydrogens (tertiary/aromatic N) is 1. The van der Waals surface area contributed by atoms with E-state index in [1.165, 1.54) is 63.5 Å². The second-order valence-electron chi connectivity index (χ2n) is 7.09. The first-order valence-electron chi connectivity index (χ1n) is 9.15. The Morgan fingerprint density at radius 2 is 1.45 bits per heavy atom. The predicted molar refractivity (Wildman–Crippen MR) is 98.9 cm³/mol. The molecule has 0 aliphatic rings. The topological polar surface area (TPSA) is 0 Å². The molecule has 0 radical (unpaired) electrons. The molecular weight excluding hydrogens is 266 g/mol. The highest BCUT2D eigenvalue weighted by Gasteiger charge is 2.14. The highest BCUT2D eigenvalue weighted by molar-refractivity contribution is 5.13. The number of hydrogen-bond acceptors (Lipinski definition) is 0. The van der Waals surface area contributed by atoms with E-state index in [4.69, 9.17) is 0 Å². The molecule has 1 rings (SSSR count). The molecule has 22 heavy (non-hydrogen) atoms. The van der Waals surface area contributed by atoms with Gasteiger partial charge in [-0.3, -0.25) is 0 Å². The van der Waals surface area contributed by atoms with E-state index in [2.05, 4.69) is 63.5 Å². The van der Waals surface area contributed by atoms with Crippen LogP contribution in [0.4, 0.5) is 0 Å². The molecule has 0 heterocycles. The third-order valence-electron chi connectivity index (χ3n) is 4.24. The van der Waals surface area contributed by atoms with Crippen molar-refractivity contribution in [3.8, 4) is 0 Å². The van der Waals surface area contributed by atoms with E-state index in [9.17, 15) is 0 Å². The van der Waals surface area contributed by atoms with E-state index in [-0.39, 0.29) is 0 Å². The fourth-order valence-corrected chi connectivity index (χ4v) is 2.95. The van der Waals surface area contributed by atoms with Crippen LogP contribution in [0.5, 0.6) is 0 Å². The number of unbranched alkanes of at least 4 members (excludes halogenated alkanes) is 6. The minimum absolute atomic E-state index is 1.10. The molecule has 1 aromatic rings. The van der Waals surface area contributed by atoms with Crippen LogP contribution < -0.4 is 0 Å². The van der Waals surface area contributed by atoms with Gasteiger partial charge in [0.1, 0.15) is 6.54 Å². The molecule has 0 aliphatic heterocycles. The zero-order chi connectivity index (χ0) is 16.1. The van der Waals surface area contributed by atoms with Gasteiger partial charge >= 0.3 is 0 Å². The van der Waals surface area contributed by atoms with Crippen molar-refractivity contribution < 1.29 is 4.48 Å². The van der Waals surface area contributed by atoms with Crippen LogP contribution in [0, 0.1) is 0 Å². The van der Waals surface area contributed by atoms with Crippen molar-refractivity contribution in [3.05, 3.63) is 48.0 Å². The highest BCUT2D eigenvalue weighted by atomic mass is 15.3. The Hall–Kier alpha value is -1.08. The Kier molecular flexibility index (Phi) is 9.90. The summed E-state index contributed by atoms with van der Waals surface area (Å²) in [4.78, 5) is 0. The molecule has 1 heteroatoms. The van der Waals surface area contributed by atoms with Crippen molar-refractivity contribution in [1.82, 2.24) is 0 Å². The second kappa shape index (κ2) is 11.5. The van der Waals surface area contributed by atoms with Crippen LogP contribution in [0.3, 0.4) is 0 Å². The van der Waals surface area contributed by atoms with Crippen LogP contribution in [0.1, 0.15) is 63.9 Å². The second-order valence-corrected chi connectivity index (χ2v) is 7.09. The lowest BCUT2D eigenvalue weighted by atomic mass is 10.1. The van der Waals surface area contributed by atoms with E-state index in [0.717, 1.165) is 11.0 Å². The largest absolute Gasteiger partial charge is 0.325 e. The molecule has 1 nitrogen and oxygen atoms in total. The molecule has 124 valence electrons. The molecule has 0 spiro atoms. The number of quaternary nitrogens is 1. The van der Waals surface area contributed by atoms with Gasteiger partial charge in [-0.25, -0.2) is 0 Å². The fraction of sp³-hybridized carbons (Fsp3) is 0.619. The number of rotatable bonds is 12. The molecule has 0 amide bonds. The zero-order valence-electron chi connectivity index (χ0n) is 15.1. The van der Waals surface area contributed by atoms with Gasteiger partial charge in [0.25, 0.3) is 0 Å². The first kappa shape index (κ1) is 19.0. The van der Waals surface area contributed by atoms with Gasteiger partial charge in [0, 0.05) is 5.56 Å². The lowest BCUT2D eigenvalue weighted by Crippen LogP contribution is -2.39. The molecule has 0 aromatic heterocycles. The lowest BCUT2D eigenvalue weighted by Gasteiger charge is -2.30. The van der Waals surface area contributed by atoms with Crippen LogP contribution in [0.2, 0.25) is 0 Å². The Balaban J connectivity index is 2.02. The summed E-state index contributed by atoms with van der Waals surface area (Å²) in [5, 5.41) is 0. The van der Waals surface area contributed by atoms with Crippen LogP contribution in [0.15, 0.2) is 42.5 Å². The van der Waals surface area contributed by atoms with Crippen molar-refractivity contribution in [1.29, 1.82) is 0 Å². The minimum atomic E-state index is 1.10. The summed E-state index contributed by atoms with van der Waals surface area (Å²) in [6, 6.07) is 10.9. The van der Waals surface area contributed by atoms with Crippen LogP contribution in [0.25, 0.3) is 0 Å². The average molecular weight is 303 g/mol. The number of benzene rings is 1. The standard InChI is InChI=1S/C21H36N/c1-4-5-6-7-8-9-10-11-12-16-19-22(2,3)20-21-17-14-13-15-18-21/h5-6,13-15,17-18H,4,7-12,16,19-20H2,1-3H3/q+1/b6-5+. The van der Waals surface area contributed by atoms with Gasteiger partial charge in [0.2, 0.25) is 0 Å². The van der Waals surface area contributed by atoms with Crippen molar-refractivity contribution in [2.75, 3.05) is 20.6 Å². The molecule has 0 atom stereocenters. The summed E-state index contributed by atoms with van der Waals surface area (Å²) in [5.74, 6) is 0. The van der Waals surface area contributed by atoms with E-state index < -0.39 is 0 Å². The van der Waals surface area contributed by atoms with Crippen LogP contribution in [-0.2, 0) is 6.54 Å². The molecular formula is C21H36N+. The van der Waals surface area contributed by atoms with Crippen molar-refractivity contribution >= 4 is 0 Å². The van der Waals surface area contributed by atoms with Gasteiger partial charge in [-0.05, 0) is 32.1 Å². The summed E-state index contributed by atoms with van der Waals surface area (Å²) in [5.41, 5.74) is 1.45. The minimum Gasteiger partial charge on any atom is -0.325 e. The van der Waals surface area contributed by atoms with Gasteiger partial charge < -0.3 is 4.48 Å². The quantitative estimate of drug-likeness (QED) is 0.254.